The number of aryl methyl sites for hydroxylation is 1. The Morgan fingerprint density at radius 2 is 1.76 bits per heavy atom. The molecule has 5 rings (SSSR count). The van der Waals surface area contributed by atoms with E-state index in [2.05, 4.69) is 41.7 Å². The molecule has 1 saturated heterocycles. The van der Waals surface area contributed by atoms with Crippen molar-refractivity contribution in [2.45, 2.75) is 58.3 Å². The third-order valence-corrected chi connectivity index (χ3v) is 7.80. The highest BCUT2D eigenvalue weighted by Crippen LogP contribution is 2.34. The second-order valence-corrected chi connectivity index (χ2v) is 12.2. The number of hydrogen-bond acceptors (Lipinski definition) is 5. The lowest BCUT2D eigenvalue weighted by molar-refractivity contribution is -0.121. The summed E-state index contributed by atoms with van der Waals surface area (Å²) >= 11 is 0. The molecule has 2 amide bonds. The number of carbonyl (C=O) groups is 2. The molecule has 1 aliphatic heterocycles. The van der Waals surface area contributed by atoms with Gasteiger partial charge in [-0.3, -0.25) is 15.1 Å². The van der Waals surface area contributed by atoms with Crippen LogP contribution in [0, 0.1) is 12.8 Å². The Morgan fingerprint density at radius 3 is 2.45 bits per heavy atom. The zero-order chi connectivity index (χ0) is 29.7. The number of anilines is 2. The first-order valence-corrected chi connectivity index (χ1v) is 14.7. The molecule has 1 fully saturated rings. The van der Waals surface area contributed by atoms with E-state index < -0.39 is 0 Å². The number of pyridine rings is 1. The van der Waals surface area contributed by atoms with Crippen molar-refractivity contribution in [1.82, 2.24) is 20.1 Å². The van der Waals surface area contributed by atoms with Gasteiger partial charge in [-0.15, -0.1) is 0 Å². The third-order valence-electron chi connectivity index (χ3n) is 7.80. The van der Waals surface area contributed by atoms with E-state index in [0.717, 1.165) is 54.0 Å². The number of hydrogen-bond donors (Lipinski definition) is 3. The maximum absolute atomic E-state index is 13.7. The molecule has 4 aromatic rings. The van der Waals surface area contributed by atoms with Crippen molar-refractivity contribution in [3.63, 3.8) is 0 Å². The Labute approximate surface area is 248 Å². The van der Waals surface area contributed by atoms with Crippen LogP contribution in [0.3, 0.4) is 0 Å². The molecule has 42 heavy (non-hydrogen) atoms. The molecule has 1 atom stereocenters. The van der Waals surface area contributed by atoms with Crippen molar-refractivity contribution in [1.29, 1.82) is 0 Å². The largest absolute Gasteiger partial charge is 0.324 e. The Morgan fingerprint density at radius 1 is 1.00 bits per heavy atom. The molecule has 2 aromatic heterocycles. The first kappa shape index (κ1) is 29.2. The van der Waals surface area contributed by atoms with Crippen molar-refractivity contribution in [2.24, 2.45) is 5.92 Å². The summed E-state index contributed by atoms with van der Waals surface area (Å²) in [6.07, 6.45) is 5.67. The summed E-state index contributed by atoms with van der Waals surface area (Å²) in [5.41, 5.74) is 5.17. The van der Waals surface area contributed by atoms with Crippen LogP contribution < -0.4 is 16.0 Å². The number of aromatic nitrogens is 3. The summed E-state index contributed by atoms with van der Waals surface area (Å²) in [5.74, 6) is 0.735. The lowest BCUT2D eigenvalue weighted by atomic mass is 9.76. The van der Waals surface area contributed by atoms with Gasteiger partial charge in [0.1, 0.15) is 11.6 Å². The van der Waals surface area contributed by atoms with Crippen molar-refractivity contribution >= 4 is 23.3 Å². The van der Waals surface area contributed by atoms with Crippen LogP contribution in [0.15, 0.2) is 79.1 Å². The van der Waals surface area contributed by atoms with Gasteiger partial charge in [0.25, 0.3) is 0 Å². The fraction of sp³-hybridized carbons (Fsp3) is 0.353. The van der Waals surface area contributed by atoms with Gasteiger partial charge in [-0.25, -0.2) is 9.48 Å². The Hall–Kier alpha value is -4.30. The fourth-order valence-corrected chi connectivity index (χ4v) is 5.52. The summed E-state index contributed by atoms with van der Waals surface area (Å²) in [7, 11) is 0. The number of nitrogens with one attached hydrogen (secondary N) is 3. The van der Waals surface area contributed by atoms with Gasteiger partial charge in [0, 0.05) is 41.9 Å². The van der Waals surface area contributed by atoms with Crippen LogP contribution >= 0.6 is 0 Å². The second-order valence-electron chi connectivity index (χ2n) is 12.2. The molecule has 1 unspecified atom stereocenters. The van der Waals surface area contributed by atoms with Crippen LogP contribution in [-0.2, 0) is 16.6 Å². The Balaban J connectivity index is 1.37. The van der Waals surface area contributed by atoms with Gasteiger partial charge in [0.2, 0.25) is 0 Å². The number of piperidine rings is 1. The molecular weight excluding hydrogens is 524 g/mol. The molecular formula is C34H40N6O2. The lowest BCUT2D eigenvalue weighted by Gasteiger charge is -2.30. The first-order valence-electron chi connectivity index (χ1n) is 14.7. The van der Waals surface area contributed by atoms with Gasteiger partial charge in [-0.1, -0.05) is 56.7 Å². The summed E-state index contributed by atoms with van der Waals surface area (Å²) in [4.78, 5) is 31.2. The van der Waals surface area contributed by atoms with Crippen LogP contribution in [-0.4, -0.2) is 39.7 Å². The second kappa shape index (κ2) is 12.7. The predicted molar refractivity (Wildman–Crippen MR) is 167 cm³/mol. The zero-order valence-corrected chi connectivity index (χ0v) is 24.9. The van der Waals surface area contributed by atoms with Crippen LogP contribution in [0.4, 0.5) is 16.3 Å². The number of amides is 2. The molecule has 3 heterocycles. The van der Waals surface area contributed by atoms with E-state index >= 15 is 0 Å². The number of rotatable bonds is 8. The molecule has 0 saturated carbocycles. The molecule has 0 aliphatic carbocycles. The van der Waals surface area contributed by atoms with Crippen LogP contribution in [0.2, 0.25) is 0 Å². The van der Waals surface area contributed by atoms with E-state index in [-0.39, 0.29) is 29.1 Å². The van der Waals surface area contributed by atoms with Gasteiger partial charge >= 0.3 is 6.03 Å². The SMILES string of the molecule is Cc1ccc(-n2nc(C(C)(C)C)cc2NC(=O)Nc2cccc(C(C(=O)Cc3cccnc3)C3CCNCC3)c2)cc1. The molecule has 0 spiro atoms. The van der Waals surface area contributed by atoms with Crippen molar-refractivity contribution < 1.29 is 9.59 Å². The molecule has 8 heteroatoms. The smallest absolute Gasteiger partial charge is 0.317 e. The highest BCUT2D eigenvalue weighted by Gasteiger charge is 2.31. The maximum Gasteiger partial charge on any atom is 0.324 e. The highest BCUT2D eigenvalue weighted by molar-refractivity contribution is 5.99. The predicted octanol–water partition coefficient (Wildman–Crippen LogP) is 6.41. The zero-order valence-electron chi connectivity index (χ0n) is 24.9. The minimum atomic E-state index is -0.374. The van der Waals surface area contributed by atoms with Crippen LogP contribution in [0.5, 0.6) is 0 Å². The van der Waals surface area contributed by atoms with Gasteiger partial charge < -0.3 is 10.6 Å². The lowest BCUT2D eigenvalue weighted by Crippen LogP contribution is -2.34. The average Bonchev–Trinajstić information content (AvgIpc) is 3.39. The molecule has 0 radical (unpaired) electrons. The van der Waals surface area contributed by atoms with Crippen LogP contribution in [0.25, 0.3) is 5.69 Å². The van der Waals surface area contributed by atoms with E-state index in [1.54, 1.807) is 17.1 Å². The van der Waals surface area contributed by atoms with E-state index in [1.807, 2.05) is 73.7 Å². The summed E-state index contributed by atoms with van der Waals surface area (Å²) in [6.45, 7) is 10.1. The summed E-state index contributed by atoms with van der Waals surface area (Å²) in [5, 5.41) is 14.2. The van der Waals surface area contributed by atoms with E-state index in [1.165, 1.54) is 0 Å². The molecule has 218 valence electrons. The molecule has 2 aromatic carbocycles. The minimum absolute atomic E-state index is 0.174. The normalized spacial score (nSPS) is 14.8. The highest BCUT2D eigenvalue weighted by atomic mass is 16.2. The summed E-state index contributed by atoms with van der Waals surface area (Å²) in [6, 6.07) is 21.1. The third kappa shape index (κ3) is 7.12. The summed E-state index contributed by atoms with van der Waals surface area (Å²) < 4.78 is 1.76. The van der Waals surface area contributed by atoms with Gasteiger partial charge in [-0.2, -0.15) is 5.10 Å². The minimum Gasteiger partial charge on any atom is -0.317 e. The quantitative estimate of drug-likeness (QED) is 0.230. The monoisotopic (exact) mass is 564 g/mol. The number of urea groups is 1. The van der Waals surface area contributed by atoms with E-state index in [0.29, 0.717) is 17.9 Å². The van der Waals surface area contributed by atoms with E-state index in [9.17, 15) is 9.59 Å². The first-order chi connectivity index (χ1) is 20.2. The standard InChI is InChI=1S/C34H40N6O2/c1-23-10-12-28(13-11-23)40-31(21-30(39-40)34(2,3)4)38-33(42)37-27-9-5-8-26(20-27)32(25-14-17-35-18-15-25)29(41)19-24-7-6-16-36-22-24/h5-13,16,20-22,25,32,35H,14-15,17-19H2,1-4H3,(H2,37,38,42). The molecule has 3 N–H and O–H groups in total. The van der Waals surface area contributed by atoms with Crippen molar-refractivity contribution in [2.75, 3.05) is 23.7 Å². The molecule has 1 aliphatic rings. The van der Waals surface area contributed by atoms with Gasteiger partial charge in [0.05, 0.1) is 11.4 Å². The number of Topliss-reactive ketones (excluding diaryl/α,β-unsaturated/α-hetero) is 1. The Kier molecular flexibility index (Phi) is 8.83. The number of ketones is 1. The maximum atomic E-state index is 13.7. The van der Waals surface area contributed by atoms with Gasteiger partial charge in [0.15, 0.2) is 0 Å². The number of benzene rings is 2. The van der Waals surface area contributed by atoms with Gasteiger partial charge in [-0.05, 0) is 80.2 Å². The average molecular weight is 565 g/mol. The van der Waals surface area contributed by atoms with Crippen LogP contribution in [0.1, 0.15) is 61.9 Å². The van der Waals surface area contributed by atoms with Crippen molar-refractivity contribution in [3.8, 4) is 5.69 Å². The van der Waals surface area contributed by atoms with Crippen molar-refractivity contribution in [3.05, 3.63) is 102 Å². The molecule has 0 bridgehead atoms. The van der Waals surface area contributed by atoms with E-state index in [4.69, 9.17) is 5.10 Å². The Bertz CT molecular complexity index is 1520. The fourth-order valence-electron chi connectivity index (χ4n) is 5.52. The number of nitrogens with zero attached hydrogens (tertiary/aromatic N) is 3. The number of carbonyl (C=O) groups excluding carboxylic acids is 2. The molecule has 8 nitrogen and oxygen atoms in total. The topological polar surface area (TPSA) is 101 Å².